The molecule has 2 heterocycles. The van der Waals surface area contributed by atoms with Crippen molar-refractivity contribution in [3.63, 3.8) is 0 Å². The van der Waals surface area contributed by atoms with Gasteiger partial charge in [-0.25, -0.2) is 0 Å². The first kappa shape index (κ1) is 47.4. The fourth-order valence-electron chi connectivity index (χ4n) is 8.29. The number of aliphatic hydroxyl groups is 1. The van der Waals surface area contributed by atoms with Crippen LogP contribution in [0.3, 0.4) is 0 Å². The van der Waals surface area contributed by atoms with Crippen LogP contribution in [0.15, 0.2) is 182 Å². The van der Waals surface area contributed by atoms with Crippen molar-refractivity contribution < 1.29 is 52.5 Å². The zero-order valence-electron chi connectivity index (χ0n) is 37.3. The van der Waals surface area contributed by atoms with Gasteiger partial charge in [0.15, 0.2) is 12.6 Å². The number of aliphatic hydroxyl groups excluding tert-OH is 1. The number of rotatable bonds is 23. The van der Waals surface area contributed by atoms with Crippen molar-refractivity contribution in [2.45, 2.75) is 101 Å². The summed E-state index contributed by atoms with van der Waals surface area (Å²) in [7, 11) is 1.55. The van der Waals surface area contributed by atoms with Crippen molar-refractivity contribution >= 4 is 0 Å². The van der Waals surface area contributed by atoms with Gasteiger partial charge in [-0.3, -0.25) is 0 Å². The highest BCUT2D eigenvalue weighted by atomic mass is 16.8. The van der Waals surface area contributed by atoms with Crippen molar-refractivity contribution in [1.82, 2.24) is 0 Å². The van der Waals surface area contributed by atoms with E-state index in [4.69, 9.17) is 47.4 Å². The molecule has 0 unspecified atom stereocenters. The highest BCUT2D eigenvalue weighted by molar-refractivity contribution is 5.18. The van der Waals surface area contributed by atoms with Crippen LogP contribution in [0.25, 0.3) is 0 Å². The lowest BCUT2D eigenvalue weighted by molar-refractivity contribution is -0.375. The van der Waals surface area contributed by atoms with E-state index < -0.39 is 68.0 Å². The minimum atomic E-state index is -1.12. The molecule has 0 aromatic heterocycles. The van der Waals surface area contributed by atoms with Crippen LogP contribution in [0, 0.1) is 0 Å². The molecule has 0 saturated carbocycles. The Hall–Kier alpha value is -5.12. The Morgan fingerprint density at radius 3 is 1.06 bits per heavy atom. The molecule has 2 aliphatic heterocycles. The SMILES string of the molecule is CO[C@H]1O[C@H](CO)[C@@H](O[C@@H]2O[C@H](COCc3ccccc3)[C@H](OCc3ccccc3)[C@H](OCc3ccccc3)[C@H]2OCc2ccccc2)[C@H](OCc2ccccc2)[C@H]1OCc1ccccc1. The van der Waals surface area contributed by atoms with Gasteiger partial charge in [0.25, 0.3) is 0 Å². The topological polar surface area (TPSA) is 113 Å². The zero-order chi connectivity index (χ0) is 45.2. The molecule has 0 aliphatic carbocycles. The number of methoxy groups -OCH3 is 1. The first-order chi connectivity index (χ1) is 32.6. The van der Waals surface area contributed by atoms with Crippen LogP contribution in [-0.2, 0) is 87.0 Å². The number of benzene rings is 6. The molecule has 346 valence electrons. The molecule has 0 radical (unpaired) electrons. The first-order valence-electron chi connectivity index (χ1n) is 22.6. The van der Waals surface area contributed by atoms with E-state index in [9.17, 15) is 5.11 Å². The molecule has 10 atom stereocenters. The fraction of sp³-hybridized carbons (Fsp3) is 0.345. The lowest BCUT2D eigenvalue weighted by Crippen LogP contribution is -2.66. The maximum atomic E-state index is 11.1. The van der Waals surface area contributed by atoms with E-state index in [1.807, 2.05) is 182 Å². The molecular formula is C55H60O11. The maximum absolute atomic E-state index is 11.1. The zero-order valence-corrected chi connectivity index (χ0v) is 37.3. The van der Waals surface area contributed by atoms with Gasteiger partial charge >= 0.3 is 0 Å². The van der Waals surface area contributed by atoms with Crippen LogP contribution in [0.2, 0.25) is 0 Å². The van der Waals surface area contributed by atoms with Gasteiger partial charge in [0, 0.05) is 7.11 Å². The predicted molar refractivity (Wildman–Crippen MR) is 247 cm³/mol. The normalized spacial score (nSPS) is 25.4. The quantitative estimate of drug-likeness (QED) is 0.0668. The Morgan fingerprint density at radius 1 is 0.364 bits per heavy atom. The lowest BCUT2D eigenvalue weighted by Gasteiger charge is -2.50. The van der Waals surface area contributed by atoms with Gasteiger partial charge in [-0.15, -0.1) is 0 Å². The van der Waals surface area contributed by atoms with Crippen molar-refractivity contribution in [1.29, 1.82) is 0 Å². The number of hydrogen-bond donors (Lipinski definition) is 1. The molecular weight excluding hydrogens is 837 g/mol. The summed E-state index contributed by atoms with van der Waals surface area (Å²) in [5.74, 6) is 0. The van der Waals surface area contributed by atoms with Crippen LogP contribution in [-0.4, -0.2) is 86.8 Å². The van der Waals surface area contributed by atoms with Crippen LogP contribution < -0.4 is 0 Å². The predicted octanol–water partition coefficient (Wildman–Crippen LogP) is 8.60. The average molecular weight is 897 g/mol. The fourth-order valence-corrected chi connectivity index (χ4v) is 8.29. The number of hydrogen-bond acceptors (Lipinski definition) is 11. The smallest absolute Gasteiger partial charge is 0.187 e. The summed E-state index contributed by atoms with van der Waals surface area (Å²) < 4.78 is 67.5. The van der Waals surface area contributed by atoms with E-state index >= 15 is 0 Å². The van der Waals surface area contributed by atoms with Crippen molar-refractivity contribution in [3.05, 3.63) is 215 Å². The van der Waals surface area contributed by atoms with Crippen molar-refractivity contribution in [2.24, 2.45) is 0 Å². The summed E-state index contributed by atoms with van der Waals surface area (Å²) in [6.45, 7) is 1.29. The van der Waals surface area contributed by atoms with Crippen LogP contribution in [0.5, 0.6) is 0 Å². The van der Waals surface area contributed by atoms with Gasteiger partial charge < -0.3 is 52.5 Å². The van der Waals surface area contributed by atoms with E-state index in [1.54, 1.807) is 7.11 Å². The molecule has 11 heteroatoms. The minimum Gasteiger partial charge on any atom is -0.394 e. The third-order valence-electron chi connectivity index (χ3n) is 11.7. The maximum Gasteiger partial charge on any atom is 0.187 e. The Morgan fingerprint density at radius 2 is 0.682 bits per heavy atom. The Balaban J connectivity index is 1.17. The van der Waals surface area contributed by atoms with E-state index in [-0.39, 0.29) is 39.6 Å². The standard InChI is InChI=1S/C55H60O11/c1-57-54-52(62-37-44-28-16-6-17-29-44)51(61-36-43-26-14-5-15-27-43)49(46(32-56)64-54)66-55-53(63-38-45-30-18-7-19-31-45)50(60-35-42-24-12-4-13-25-42)48(59-34-41-22-10-3-11-23-41)47(65-55)39-58-33-40-20-8-2-9-21-40/h2-31,46-56H,32-39H2,1H3/t46-,47-,48+,49-,50+,51+,52-,53-,54+,55+/m1/s1. The van der Waals surface area contributed by atoms with E-state index in [0.29, 0.717) is 6.61 Å². The number of ether oxygens (including phenoxy) is 10. The highest BCUT2D eigenvalue weighted by Crippen LogP contribution is 2.36. The first-order valence-corrected chi connectivity index (χ1v) is 22.6. The van der Waals surface area contributed by atoms with E-state index in [1.165, 1.54) is 0 Å². The van der Waals surface area contributed by atoms with Gasteiger partial charge in [0.1, 0.15) is 48.8 Å². The van der Waals surface area contributed by atoms with Gasteiger partial charge in [0.05, 0.1) is 52.9 Å². The largest absolute Gasteiger partial charge is 0.394 e. The summed E-state index contributed by atoms with van der Waals surface area (Å²) in [5.41, 5.74) is 5.83. The van der Waals surface area contributed by atoms with E-state index in [0.717, 1.165) is 33.4 Å². The molecule has 6 aromatic rings. The van der Waals surface area contributed by atoms with Gasteiger partial charge in [-0.2, -0.15) is 0 Å². The summed E-state index contributed by atoms with van der Waals surface area (Å²) in [4.78, 5) is 0. The monoisotopic (exact) mass is 896 g/mol. The molecule has 2 fully saturated rings. The van der Waals surface area contributed by atoms with Crippen molar-refractivity contribution in [2.75, 3.05) is 20.3 Å². The molecule has 0 spiro atoms. The molecule has 0 bridgehead atoms. The van der Waals surface area contributed by atoms with Gasteiger partial charge in [-0.1, -0.05) is 182 Å². The Labute approximate surface area is 388 Å². The second-order valence-corrected chi connectivity index (χ2v) is 16.4. The Bertz CT molecular complexity index is 2220. The Kier molecular flexibility index (Phi) is 18.0. The van der Waals surface area contributed by atoms with Gasteiger partial charge in [-0.05, 0) is 33.4 Å². The third-order valence-corrected chi connectivity index (χ3v) is 11.7. The lowest BCUT2D eigenvalue weighted by atomic mass is 9.95. The van der Waals surface area contributed by atoms with Crippen LogP contribution in [0.1, 0.15) is 33.4 Å². The van der Waals surface area contributed by atoms with E-state index in [2.05, 4.69) is 0 Å². The van der Waals surface area contributed by atoms with Crippen molar-refractivity contribution in [3.8, 4) is 0 Å². The minimum absolute atomic E-state index is 0.137. The third kappa shape index (κ3) is 13.3. The second kappa shape index (κ2) is 25.1. The molecule has 2 saturated heterocycles. The molecule has 1 N–H and O–H groups in total. The van der Waals surface area contributed by atoms with Crippen LogP contribution >= 0.6 is 0 Å². The summed E-state index contributed by atoms with van der Waals surface area (Å²) in [5, 5.41) is 11.1. The average Bonchev–Trinajstić information content (AvgIpc) is 3.38. The summed E-state index contributed by atoms with van der Waals surface area (Å²) in [6.07, 6.45) is -8.55. The van der Waals surface area contributed by atoms with Crippen LogP contribution in [0.4, 0.5) is 0 Å². The summed E-state index contributed by atoms with van der Waals surface area (Å²) in [6, 6.07) is 59.7. The molecule has 8 rings (SSSR count). The molecule has 2 aliphatic rings. The molecule has 0 amide bonds. The summed E-state index contributed by atoms with van der Waals surface area (Å²) >= 11 is 0. The molecule has 6 aromatic carbocycles. The highest BCUT2D eigenvalue weighted by Gasteiger charge is 2.54. The van der Waals surface area contributed by atoms with Gasteiger partial charge in [0.2, 0.25) is 0 Å². The second-order valence-electron chi connectivity index (χ2n) is 16.4. The molecule has 66 heavy (non-hydrogen) atoms. The molecule has 11 nitrogen and oxygen atoms in total.